The maximum Gasteiger partial charge on any atom is 0.449 e. The summed E-state index contributed by atoms with van der Waals surface area (Å²) in [4.78, 5) is 3.64. The number of rotatable bonds is 2. The van der Waals surface area contributed by atoms with E-state index in [0.717, 1.165) is 15.3 Å². The molecule has 0 atom stereocenters. The molecule has 0 aliphatic heterocycles. The highest BCUT2D eigenvalue weighted by Gasteiger charge is 2.36. The van der Waals surface area contributed by atoms with Crippen molar-refractivity contribution in [2.24, 2.45) is 7.05 Å². The van der Waals surface area contributed by atoms with Gasteiger partial charge in [-0.05, 0) is 17.5 Å². The molecule has 4 aromatic rings. The van der Waals surface area contributed by atoms with Crippen LogP contribution in [0.3, 0.4) is 0 Å². The Bertz CT molecular complexity index is 1130. The number of aryl methyl sites for hydroxylation is 1. The number of nitrogens with zero attached hydrogens (tertiary/aromatic N) is 2. The van der Waals surface area contributed by atoms with Crippen molar-refractivity contribution >= 4 is 33.4 Å². The summed E-state index contributed by atoms with van der Waals surface area (Å²) < 4.78 is 46.1. The van der Waals surface area contributed by atoms with Crippen molar-refractivity contribution in [3.8, 4) is 11.5 Å². The fourth-order valence-electron chi connectivity index (χ4n) is 2.93. The van der Waals surface area contributed by atoms with E-state index >= 15 is 0 Å². The minimum atomic E-state index is -4.54. The Morgan fingerprint density at radius 3 is 2.50 bits per heavy atom. The summed E-state index contributed by atoms with van der Waals surface area (Å²) in [6, 6.07) is 16.1. The van der Waals surface area contributed by atoms with Crippen molar-refractivity contribution in [3.05, 3.63) is 65.4 Å². The maximum atomic E-state index is 13.1. The van der Waals surface area contributed by atoms with Crippen molar-refractivity contribution in [3.63, 3.8) is 0 Å². The second kappa shape index (κ2) is 5.92. The molecule has 4 rings (SSSR count). The van der Waals surface area contributed by atoms with Gasteiger partial charge in [-0.2, -0.15) is 13.2 Å². The van der Waals surface area contributed by atoms with Crippen LogP contribution < -0.4 is 4.74 Å². The van der Waals surface area contributed by atoms with Crippen LogP contribution in [0.5, 0.6) is 11.5 Å². The number of fused-ring (bicyclic) bond motifs is 2. The van der Waals surface area contributed by atoms with E-state index in [1.165, 1.54) is 19.2 Å². The Hall–Kier alpha value is -2.73. The van der Waals surface area contributed by atoms with E-state index in [1.807, 2.05) is 36.4 Å². The van der Waals surface area contributed by atoms with E-state index in [0.29, 0.717) is 5.75 Å². The van der Waals surface area contributed by atoms with Gasteiger partial charge in [-0.15, -0.1) is 0 Å². The molecule has 26 heavy (non-hydrogen) atoms. The van der Waals surface area contributed by atoms with Crippen LogP contribution in [-0.4, -0.2) is 9.55 Å². The highest BCUT2D eigenvalue weighted by atomic mass is 35.5. The van der Waals surface area contributed by atoms with Gasteiger partial charge >= 0.3 is 6.18 Å². The number of halogens is 4. The summed E-state index contributed by atoms with van der Waals surface area (Å²) in [7, 11) is 1.31. The molecule has 0 saturated carbocycles. The Kier molecular flexibility index (Phi) is 3.80. The first-order chi connectivity index (χ1) is 12.3. The molecule has 0 spiro atoms. The minimum absolute atomic E-state index is 0.162. The van der Waals surface area contributed by atoms with Crippen LogP contribution in [0.15, 0.2) is 54.6 Å². The first kappa shape index (κ1) is 16.7. The van der Waals surface area contributed by atoms with Gasteiger partial charge < -0.3 is 9.30 Å². The largest absolute Gasteiger partial charge is 0.455 e. The number of imidazole rings is 1. The molecule has 3 nitrogen and oxygen atoms in total. The van der Waals surface area contributed by atoms with Crippen molar-refractivity contribution in [1.29, 1.82) is 0 Å². The minimum Gasteiger partial charge on any atom is -0.455 e. The Balaban J connectivity index is 1.84. The quantitative estimate of drug-likeness (QED) is 0.417. The molecule has 0 radical (unpaired) electrons. The van der Waals surface area contributed by atoms with Gasteiger partial charge in [0.15, 0.2) is 0 Å². The third-order valence-corrected chi connectivity index (χ3v) is 4.45. The van der Waals surface area contributed by atoms with Gasteiger partial charge in [-0.1, -0.05) is 48.0 Å². The SMILES string of the molecule is Cn1c(C(F)(F)F)nc2cc(Cl)c(Oc3cccc4ccccc34)cc21. The van der Waals surface area contributed by atoms with Gasteiger partial charge in [-0.25, -0.2) is 4.98 Å². The molecule has 0 unspecified atom stereocenters. The molecule has 7 heteroatoms. The third-order valence-electron chi connectivity index (χ3n) is 4.16. The zero-order chi connectivity index (χ0) is 18.5. The van der Waals surface area contributed by atoms with Crippen LogP contribution in [0.2, 0.25) is 5.02 Å². The molecule has 0 aliphatic carbocycles. The topological polar surface area (TPSA) is 27.1 Å². The summed E-state index contributed by atoms with van der Waals surface area (Å²) in [5, 5.41) is 2.06. The number of hydrogen-bond donors (Lipinski definition) is 0. The summed E-state index contributed by atoms with van der Waals surface area (Å²) in [5.74, 6) is -0.138. The second-order valence-corrected chi connectivity index (χ2v) is 6.25. The van der Waals surface area contributed by atoms with Gasteiger partial charge in [0.1, 0.15) is 11.5 Å². The van der Waals surface area contributed by atoms with Crippen molar-refractivity contribution in [2.45, 2.75) is 6.18 Å². The number of benzene rings is 3. The molecule has 0 aliphatic rings. The molecule has 0 bridgehead atoms. The average molecular weight is 377 g/mol. The van der Waals surface area contributed by atoms with E-state index in [9.17, 15) is 13.2 Å². The lowest BCUT2D eigenvalue weighted by Crippen LogP contribution is -2.12. The Morgan fingerprint density at radius 1 is 1.00 bits per heavy atom. The summed E-state index contributed by atoms with van der Waals surface area (Å²) in [6.45, 7) is 0. The highest BCUT2D eigenvalue weighted by Crippen LogP contribution is 2.38. The summed E-state index contributed by atoms with van der Waals surface area (Å²) in [5.41, 5.74) is 0.451. The van der Waals surface area contributed by atoms with Gasteiger partial charge in [-0.3, -0.25) is 0 Å². The Morgan fingerprint density at radius 2 is 1.73 bits per heavy atom. The van der Waals surface area contributed by atoms with Crippen molar-refractivity contribution in [2.75, 3.05) is 0 Å². The molecule has 1 aromatic heterocycles. The third kappa shape index (κ3) is 2.76. The van der Waals surface area contributed by atoms with Gasteiger partial charge in [0.05, 0.1) is 16.1 Å². The molecular formula is C19H12ClF3N2O. The smallest absolute Gasteiger partial charge is 0.449 e. The molecule has 0 fully saturated rings. The van der Waals surface area contributed by atoms with Crippen molar-refractivity contribution in [1.82, 2.24) is 9.55 Å². The van der Waals surface area contributed by atoms with Crippen LogP contribution in [0.4, 0.5) is 13.2 Å². The van der Waals surface area contributed by atoms with Crippen LogP contribution >= 0.6 is 11.6 Å². The monoisotopic (exact) mass is 376 g/mol. The normalized spacial score (nSPS) is 12.0. The van der Waals surface area contributed by atoms with Gasteiger partial charge in [0.2, 0.25) is 5.82 Å². The zero-order valence-electron chi connectivity index (χ0n) is 13.5. The number of ether oxygens (including phenoxy) is 1. The zero-order valence-corrected chi connectivity index (χ0v) is 14.3. The lowest BCUT2D eigenvalue weighted by atomic mass is 10.1. The standard InChI is InChI=1S/C19H12ClF3N2O/c1-25-15-10-17(13(20)9-14(15)24-18(25)19(21,22)23)26-16-8-4-6-11-5-2-3-7-12(11)16/h2-10H,1H3. The molecular weight excluding hydrogens is 365 g/mol. The maximum absolute atomic E-state index is 13.1. The average Bonchev–Trinajstić information content (AvgIpc) is 2.92. The van der Waals surface area contributed by atoms with Crippen LogP contribution in [-0.2, 0) is 13.2 Å². The molecule has 0 saturated heterocycles. The predicted octanol–water partition coefficient (Wildman–Crippen LogP) is 6.19. The van der Waals surface area contributed by atoms with Crippen LogP contribution in [0.1, 0.15) is 5.82 Å². The predicted molar refractivity (Wildman–Crippen MR) is 94.7 cm³/mol. The fourth-order valence-corrected chi connectivity index (χ4v) is 3.12. The van der Waals surface area contributed by atoms with Crippen LogP contribution in [0, 0.1) is 0 Å². The Labute approximate surface area is 151 Å². The molecule has 1 heterocycles. The fraction of sp³-hybridized carbons (Fsp3) is 0.105. The number of hydrogen-bond acceptors (Lipinski definition) is 2. The molecule has 0 N–H and O–H groups in total. The van der Waals surface area contributed by atoms with E-state index < -0.39 is 12.0 Å². The number of aromatic nitrogens is 2. The molecule has 0 amide bonds. The van der Waals surface area contributed by atoms with E-state index in [4.69, 9.17) is 16.3 Å². The first-order valence-electron chi connectivity index (χ1n) is 7.73. The summed E-state index contributed by atoms with van der Waals surface area (Å²) >= 11 is 6.22. The molecule has 3 aromatic carbocycles. The van der Waals surface area contributed by atoms with Gasteiger partial charge in [0, 0.05) is 18.5 Å². The van der Waals surface area contributed by atoms with E-state index in [1.54, 1.807) is 6.07 Å². The van der Waals surface area contributed by atoms with Crippen LogP contribution in [0.25, 0.3) is 21.8 Å². The molecule has 132 valence electrons. The number of alkyl halides is 3. The lowest BCUT2D eigenvalue weighted by molar-refractivity contribution is -0.146. The highest BCUT2D eigenvalue weighted by molar-refractivity contribution is 6.32. The summed E-state index contributed by atoms with van der Waals surface area (Å²) in [6.07, 6.45) is -4.54. The van der Waals surface area contributed by atoms with E-state index in [-0.39, 0.29) is 21.8 Å². The first-order valence-corrected chi connectivity index (χ1v) is 8.11. The van der Waals surface area contributed by atoms with E-state index in [2.05, 4.69) is 4.98 Å². The second-order valence-electron chi connectivity index (χ2n) is 5.84. The lowest BCUT2D eigenvalue weighted by Gasteiger charge is -2.11. The van der Waals surface area contributed by atoms with Crippen molar-refractivity contribution < 1.29 is 17.9 Å². The van der Waals surface area contributed by atoms with Gasteiger partial charge in [0.25, 0.3) is 0 Å².